The van der Waals surface area contributed by atoms with Crippen LogP contribution in [0.3, 0.4) is 0 Å². The highest BCUT2D eigenvalue weighted by Gasteiger charge is 2.24. The van der Waals surface area contributed by atoms with Gasteiger partial charge in [0, 0.05) is 5.92 Å². The first kappa shape index (κ1) is 11.3. The summed E-state index contributed by atoms with van der Waals surface area (Å²) in [6, 6.07) is 5.07. The monoisotopic (exact) mass is 220 g/mol. The second-order valence-electron chi connectivity index (χ2n) is 4.64. The molecule has 1 aliphatic rings. The second-order valence-corrected chi connectivity index (χ2v) is 4.64. The summed E-state index contributed by atoms with van der Waals surface area (Å²) in [5.41, 5.74) is 0.841. The van der Waals surface area contributed by atoms with Crippen LogP contribution in [0.15, 0.2) is 18.2 Å². The third-order valence-corrected chi connectivity index (χ3v) is 3.43. The van der Waals surface area contributed by atoms with Gasteiger partial charge in [-0.15, -0.1) is 0 Å². The fourth-order valence-corrected chi connectivity index (χ4v) is 2.42. The Balaban J connectivity index is 2.22. The number of ketones is 1. The Morgan fingerprint density at radius 2 is 1.94 bits per heavy atom. The molecule has 1 nitrogen and oxygen atoms in total. The highest BCUT2D eigenvalue weighted by atomic mass is 19.1. The molecule has 0 spiro atoms. The van der Waals surface area contributed by atoms with Gasteiger partial charge >= 0.3 is 0 Å². The van der Waals surface area contributed by atoms with E-state index in [-0.39, 0.29) is 23.1 Å². The molecule has 0 bridgehead atoms. The summed E-state index contributed by atoms with van der Waals surface area (Å²) in [5, 5.41) is 0. The van der Waals surface area contributed by atoms with Crippen molar-refractivity contribution in [3.63, 3.8) is 0 Å². The van der Waals surface area contributed by atoms with Crippen LogP contribution in [-0.2, 0) is 0 Å². The number of carbonyl (C=O) groups excluding carboxylic acids is 1. The van der Waals surface area contributed by atoms with Crippen LogP contribution >= 0.6 is 0 Å². The van der Waals surface area contributed by atoms with E-state index in [0.717, 1.165) is 25.7 Å². The van der Waals surface area contributed by atoms with Gasteiger partial charge in [-0.1, -0.05) is 31.4 Å². The molecule has 2 rings (SSSR count). The number of hydrogen-bond donors (Lipinski definition) is 0. The molecule has 0 N–H and O–H groups in total. The number of aryl methyl sites for hydroxylation is 1. The Labute approximate surface area is 95.7 Å². The first-order valence-corrected chi connectivity index (χ1v) is 5.99. The maximum atomic E-state index is 13.8. The Morgan fingerprint density at radius 3 is 2.62 bits per heavy atom. The average molecular weight is 220 g/mol. The topological polar surface area (TPSA) is 17.1 Å². The van der Waals surface area contributed by atoms with Crippen LogP contribution in [0.2, 0.25) is 0 Å². The van der Waals surface area contributed by atoms with E-state index in [2.05, 4.69) is 0 Å². The molecule has 0 amide bonds. The zero-order valence-corrected chi connectivity index (χ0v) is 9.63. The summed E-state index contributed by atoms with van der Waals surface area (Å²) in [6.07, 6.45) is 5.26. The Bertz CT molecular complexity index is 392. The van der Waals surface area contributed by atoms with Crippen molar-refractivity contribution in [3.8, 4) is 0 Å². The quantitative estimate of drug-likeness (QED) is 0.691. The minimum absolute atomic E-state index is 0.000833. The molecule has 0 aromatic heterocycles. The average Bonchev–Trinajstić information content (AvgIpc) is 2.33. The summed E-state index contributed by atoms with van der Waals surface area (Å²) < 4.78 is 13.8. The van der Waals surface area contributed by atoms with Crippen molar-refractivity contribution in [2.24, 2.45) is 5.92 Å². The maximum absolute atomic E-state index is 13.8. The molecule has 1 aromatic rings. The van der Waals surface area contributed by atoms with Crippen LogP contribution < -0.4 is 0 Å². The molecule has 16 heavy (non-hydrogen) atoms. The van der Waals surface area contributed by atoms with Crippen molar-refractivity contribution >= 4 is 5.78 Å². The van der Waals surface area contributed by atoms with E-state index in [4.69, 9.17) is 0 Å². The van der Waals surface area contributed by atoms with Crippen LogP contribution in [0, 0.1) is 18.7 Å². The zero-order chi connectivity index (χ0) is 11.5. The molecule has 0 saturated heterocycles. The molecule has 0 aliphatic heterocycles. The minimum Gasteiger partial charge on any atom is -0.294 e. The van der Waals surface area contributed by atoms with Crippen molar-refractivity contribution < 1.29 is 9.18 Å². The summed E-state index contributed by atoms with van der Waals surface area (Å²) >= 11 is 0. The maximum Gasteiger partial charge on any atom is 0.168 e. The van der Waals surface area contributed by atoms with Crippen molar-refractivity contribution in [3.05, 3.63) is 35.1 Å². The number of halogens is 1. The van der Waals surface area contributed by atoms with Crippen molar-refractivity contribution in [1.82, 2.24) is 0 Å². The van der Waals surface area contributed by atoms with Gasteiger partial charge in [-0.25, -0.2) is 4.39 Å². The number of carbonyl (C=O) groups is 1. The molecule has 1 saturated carbocycles. The molecule has 0 atom stereocenters. The van der Waals surface area contributed by atoms with E-state index in [1.165, 1.54) is 6.42 Å². The molecule has 2 heteroatoms. The van der Waals surface area contributed by atoms with Crippen LogP contribution in [0.1, 0.15) is 48.0 Å². The van der Waals surface area contributed by atoms with Gasteiger partial charge < -0.3 is 0 Å². The lowest BCUT2D eigenvalue weighted by atomic mass is 9.83. The summed E-state index contributed by atoms with van der Waals surface area (Å²) in [5.74, 6) is -0.288. The third kappa shape index (κ3) is 2.16. The smallest absolute Gasteiger partial charge is 0.168 e. The SMILES string of the molecule is Cc1cccc(C(=O)C2CCCCC2)c1F. The molecule has 86 valence electrons. The lowest BCUT2D eigenvalue weighted by molar-refractivity contribution is 0.0885. The van der Waals surface area contributed by atoms with Gasteiger partial charge in [0.1, 0.15) is 5.82 Å². The Hall–Kier alpha value is -1.18. The molecule has 0 heterocycles. The number of rotatable bonds is 2. The lowest BCUT2D eigenvalue weighted by Gasteiger charge is -2.20. The van der Waals surface area contributed by atoms with Crippen LogP contribution in [0.25, 0.3) is 0 Å². The highest BCUT2D eigenvalue weighted by molar-refractivity contribution is 5.98. The fraction of sp³-hybridized carbons (Fsp3) is 0.500. The summed E-state index contributed by atoms with van der Waals surface area (Å²) in [6.45, 7) is 1.70. The van der Waals surface area contributed by atoms with Gasteiger partial charge in [-0.05, 0) is 31.4 Å². The number of benzene rings is 1. The first-order valence-electron chi connectivity index (χ1n) is 5.99. The van der Waals surface area contributed by atoms with Gasteiger partial charge in [0.25, 0.3) is 0 Å². The van der Waals surface area contributed by atoms with Crippen molar-refractivity contribution in [2.45, 2.75) is 39.0 Å². The van der Waals surface area contributed by atoms with Gasteiger partial charge in [0.05, 0.1) is 5.56 Å². The Morgan fingerprint density at radius 1 is 1.25 bits per heavy atom. The van der Waals surface area contributed by atoms with Gasteiger partial charge in [-0.3, -0.25) is 4.79 Å². The predicted octanol–water partition coefficient (Wildman–Crippen LogP) is 3.90. The highest BCUT2D eigenvalue weighted by Crippen LogP contribution is 2.28. The molecule has 0 unspecified atom stereocenters. The lowest BCUT2D eigenvalue weighted by Crippen LogP contribution is -2.19. The Kier molecular flexibility index (Phi) is 3.37. The van der Waals surface area contributed by atoms with Crippen molar-refractivity contribution in [2.75, 3.05) is 0 Å². The van der Waals surface area contributed by atoms with E-state index in [9.17, 15) is 9.18 Å². The molecule has 1 fully saturated rings. The summed E-state index contributed by atoms with van der Waals surface area (Å²) in [4.78, 5) is 12.1. The van der Waals surface area contributed by atoms with Crippen LogP contribution in [0.5, 0.6) is 0 Å². The molecular formula is C14H17FO. The van der Waals surface area contributed by atoms with E-state index in [0.29, 0.717) is 5.56 Å². The number of hydrogen-bond acceptors (Lipinski definition) is 1. The largest absolute Gasteiger partial charge is 0.294 e. The predicted molar refractivity (Wildman–Crippen MR) is 62.0 cm³/mol. The summed E-state index contributed by atoms with van der Waals surface area (Å²) in [7, 11) is 0. The van der Waals surface area contributed by atoms with Crippen molar-refractivity contribution in [1.29, 1.82) is 0 Å². The normalized spacial score (nSPS) is 17.4. The van der Waals surface area contributed by atoms with Gasteiger partial charge in [-0.2, -0.15) is 0 Å². The van der Waals surface area contributed by atoms with E-state index < -0.39 is 0 Å². The third-order valence-electron chi connectivity index (χ3n) is 3.43. The second kappa shape index (κ2) is 4.77. The standard InChI is InChI=1S/C14H17FO/c1-10-6-5-9-12(13(10)15)14(16)11-7-3-2-4-8-11/h5-6,9,11H,2-4,7-8H2,1H3. The molecule has 1 aromatic carbocycles. The van der Waals surface area contributed by atoms with Gasteiger partial charge in [0.15, 0.2) is 5.78 Å². The zero-order valence-electron chi connectivity index (χ0n) is 9.63. The minimum atomic E-state index is -0.335. The van der Waals surface area contributed by atoms with E-state index >= 15 is 0 Å². The van der Waals surface area contributed by atoms with E-state index in [1.54, 1.807) is 25.1 Å². The molecule has 0 radical (unpaired) electrons. The molecular weight excluding hydrogens is 203 g/mol. The van der Waals surface area contributed by atoms with Crippen LogP contribution in [-0.4, -0.2) is 5.78 Å². The van der Waals surface area contributed by atoms with Gasteiger partial charge in [0.2, 0.25) is 0 Å². The first-order chi connectivity index (χ1) is 7.70. The fourth-order valence-electron chi connectivity index (χ4n) is 2.42. The van der Waals surface area contributed by atoms with Crippen LogP contribution in [0.4, 0.5) is 4.39 Å². The number of Topliss-reactive ketones (excluding diaryl/α,β-unsaturated/α-hetero) is 1. The van der Waals surface area contributed by atoms with E-state index in [1.807, 2.05) is 0 Å². The molecule has 1 aliphatic carbocycles.